The lowest BCUT2D eigenvalue weighted by Gasteiger charge is -2.13. The van der Waals surface area contributed by atoms with E-state index < -0.39 is 69.5 Å². The average Bonchev–Trinajstić information content (AvgIpc) is 2.54. The third-order valence-electron chi connectivity index (χ3n) is 2.61. The van der Waals surface area contributed by atoms with E-state index in [9.17, 15) is 35.1 Å². The van der Waals surface area contributed by atoms with Crippen LogP contribution in [0.3, 0.4) is 0 Å². The number of rotatable bonds is 2. The van der Waals surface area contributed by atoms with Crippen LogP contribution in [0.2, 0.25) is 0 Å². The first-order valence-electron chi connectivity index (χ1n) is 5.37. The molecule has 0 fully saturated rings. The molecule has 0 aromatic heterocycles. The Kier molecular flexibility index (Phi) is 3.97. The molecular formula is C12H2F8O3. The summed E-state index contributed by atoms with van der Waals surface area (Å²) in [6.45, 7) is 0. The van der Waals surface area contributed by atoms with Gasteiger partial charge in [-0.3, -0.25) is 0 Å². The summed E-state index contributed by atoms with van der Waals surface area (Å²) in [5.74, 6) is -27.3. The van der Waals surface area contributed by atoms with Crippen LogP contribution in [-0.4, -0.2) is 10.2 Å². The van der Waals surface area contributed by atoms with Gasteiger partial charge in [-0.05, 0) is 0 Å². The molecule has 3 nitrogen and oxygen atoms in total. The fourth-order valence-electron chi connectivity index (χ4n) is 1.49. The van der Waals surface area contributed by atoms with Gasteiger partial charge in [0.1, 0.15) is 0 Å². The molecule has 0 aliphatic rings. The number of hydrogen-bond acceptors (Lipinski definition) is 3. The van der Waals surface area contributed by atoms with Gasteiger partial charge in [0, 0.05) is 0 Å². The summed E-state index contributed by atoms with van der Waals surface area (Å²) in [5.41, 5.74) is 0. The van der Waals surface area contributed by atoms with E-state index in [1.54, 1.807) is 0 Å². The van der Waals surface area contributed by atoms with Gasteiger partial charge in [0.15, 0.2) is 0 Å². The Bertz CT molecular complexity index is 695. The van der Waals surface area contributed by atoms with E-state index in [1.165, 1.54) is 0 Å². The SMILES string of the molecule is Oc1c(F)c(F)c(F)c(F)c1Oc1c(O)c(F)c(F)c(F)c1F. The van der Waals surface area contributed by atoms with Crippen LogP contribution >= 0.6 is 0 Å². The highest BCUT2D eigenvalue weighted by atomic mass is 19.2. The zero-order valence-electron chi connectivity index (χ0n) is 10.3. The molecule has 2 N–H and O–H groups in total. The molecule has 0 heterocycles. The summed E-state index contributed by atoms with van der Waals surface area (Å²) in [6.07, 6.45) is 0. The summed E-state index contributed by atoms with van der Waals surface area (Å²) >= 11 is 0. The van der Waals surface area contributed by atoms with Crippen molar-refractivity contribution >= 4 is 0 Å². The van der Waals surface area contributed by atoms with E-state index in [0.29, 0.717) is 0 Å². The summed E-state index contributed by atoms with van der Waals surface area (Å²) in [4.78, 5) is 0. The van der Waals surface area contributed by atoms with Gasteiger partial charge in [-0.15, -0.1) is 0 Å². The molecule has 0 spiro atoms. The third-order valence-corrected chi connectivity index (χ3v) is 2.61. The summed E-state index contributed by atoms with van der Waals surface area (Å²) in [6, 6.07) is 0. The number of hydrogen-bond donors (Lipinski definition) is 2. The van der Waals surface area contributed by atoms with Gasteiger partial charge < -0.3 is 14.9 Å². The van der Waals surface area contributed by atoms with Crippen LogP contribution in [0.15, 0.2) is 0 Å². The van der Waals surface area contributed by atoms with Gasteiger partial charge >= 0.3 is 0 Å². The van der Waals surface area contributed by atoms with Crippen LogP contribution in [0.25, 0.3) is 0 Å². The molecule has 2 rings (SSSR count). The summed E-state index contributed by atoms with van der Waals surface area (Å²) in [7, 11) is 0. The Hall–Kier alpha value is -2.72. The second-order valence-corrected chi connectivity index (χ2v) is 3.97. The number of phenols is 2. The Labute approximate surface area is 121 Å². The van der Waals surface area contributed by atoms with Crippen molar-refractivity contribution in [3.05, 3.63) is 46.5 Å². The first-order chi connectivity index (χ1) is 10.6. The van der Waals surface area contributed by atoms with Crippen molar-refractivity contribution in [2.24, 2.45) is 0 Å². The fraction of sp³-hybridized carbons (Fsp3) is 0. The van der Waals surface area contributed by atoms with Gasteiger partial charge in [-0.1, -0.05) is 0 Å². The molecule has 0 saturated heterocycles. The minimum absolute atomic E-state index is 1.93. The van der Waals surface area contributed by atoms with Crippen molar-refractivity contribution in [3.8, 4) is 23.0 Å². The van der Waals surface area contributed by atoms with Crippen molar-refractivity contribution < 1.29 is 50.1 Å². The van der Waals surface area contributed by atoms with Crippen molar-refractivity contribution in [2.75, 3.05) is 0 Å². The molecule has 0 radical (unpaired) electrons. The minimum Gasteiger partial charge on any atom is -0.502 e. The zero-order chi connectivity index (χ0) is 17.6. The van der Waals surface area contributed by atoms with E-state index in [0.717, 1.165) is 0 Å². The third kappa shape index (κ3) is 2.37. The molecule has 0 aliphatic carbocycles. The van der Waals surface area contributed by atoms with Crippen molar-refractivity contribution in [1.29, 1.82) is 0 Å². The highest BCUT2D eigenvalue weighted by Crippen LogP contribution is 2.43. The quantitative estimate of drug-likeness (QED) is 0.491. The van der Waals surface area contributed by atoms with Crippen LogP contribution in [0.4, 0.5) is 35.1 Å². The molecule has 23 heavy (non-hydrogen) atoms. The Morgan fingerprint density at radius 1 is 0.435 bits per heavy atom. The van der Waals surface area contributed by atoms with Crippen LogP contribution in [0, 0.1) is 46.5 Å². The number of halogens is 8. The normalized spacial score (nSPS) is 11.0. The Balaban J connectivity index is 2.71. The standard InChI is InChI=1S/C12H2F8O3/c13-1-3(15)7(19)11(9(21)5(1)17)23-12-8(20)4(16)2(14)6(18)10(12)22/h21-22H. The second kappa shape index (κ2) is 5.48. The molecule has 124 valence electrons. The molecule has 11 heteroatoms. The van der Waals surface area contributed by atoms with Gasteiger partial charge in [0.2, 0.25) is 69.5 Å². The topological polar surface area (TPSA) is 49.7 Å². The van der Waals surface area contributed by atoms with Crippen molar-refractivity contribution in [1.82, 2.24) is 0 Å². The maximum atomic E-state index is 13.4. The van der Waals surface area contributed by atoms with Crippen LogP contribution < -0.4 is 4.74 Å². The molecule has 2 aromatic rings. The highest BCUT2D eigenvalue weighted by Gasteiger charge is 2.31. The van der Waals surface area contributed by atoms with Crippen LogP contribution in [0.1, 0.15) is 0 Å². The molecule has 0 atom stereocenters. The maximum absolute atomic E-state index is 13.4. The second-order valence-electron chi connectivity index (χ2n) is 3.97. The maximum Gasteiger partial charge on any atom is 0.211 e. The lowest BCUT2D eigenvalue weighted by atomic mass is 10.2. The highest BCUT2D eigenvalue weighted by molar-refractivity contribution is 5.49. The van der Waals surface area contributed by atoms with Gasteiger partial charge in [0.25, 0.3) is 0 Å². The van der Waals surface area contributed by atoms with Gasteiger partial charge in [0.05, 0.1) is 0 Å². The predicted octanol–water partition coefficient (Wildman–Crippen LogP) is 4.00. The number of ether oxygens (including phenoxy) is 1. The van der Waals surface area contributed by atoms with Crippen molar-refractivity contribution in [2.45, 2.75) is 0 Å². The summed E-state index contributed by atoms with van der Waals surface area (Å²) < 4.78 is 109. The lowest BCUT2D eigenvalue weighted by molar-refractivity contribution is 0.294. The largest absolute Gasteiger partial charge is 0.502 e. The minimum atomic E-state index is -2.50. The van der Waals surface area contributed by atoms with E-state index in [-0.39, 0.29) is 0 Å². The molecule has 0 saturated carbocycles. The van der Waals surface area contributed by atoms with E-state index in [4.69, 9.17) is 10.2 Å². The molecule has 0 amide bonds. The summed E-state index contributed by atoms with van der Waals surface area (Å²) in [5, 5.41) is 18.2. The Morgan fingerprint density at radius 3 is 1.00 bits per heavy atom. The molecule has 0 unspecified atom stereocenters. The smallest absolute Gasteiger partial charge is 0.211 e. The van der Waals surface area contributed by atoms with Crippen LogP contribution in [0.5, 0.6) is 23.0 Å². The number of aromatic hydroxyl groups is 2. The van der Waals surface area contributed by atoms with Crippen LogP contribution in [-0.2, 0) is 0 Å². The molecule has 0 aliphatic heterocycles. The van der Waals surface area contributed by atoms with Crippen molar-refractivity contribution in [3.63, 3.8) is 0 Å². The first kappa shape index (κ1) is 16.6. The first-order valence-corrected chi connectivity index (χ1v) is 5.37. The van der Waals surface area contributed by atoms with E-state index in [1.807, 2.05) is 0 Å². The molecule has 2 aromatic carbocycles. The van der Waals surface area contributed by atoms with Gasteiger partial charge in [-0.2, -0.15) is 17.6 Å². The monoisotopic (exact) mass is 346 g/mol. The number of phenolic OH excluding ortho intramolecular Hbond substituents is 2. The zero-order valence-corrected chi connectivity index (χ0v) is 10.3. The van der Waals surface area contributed by atoms with E-state index >= 15 is 0 Å². The lowest BCUT2D eigenvalue weighted by Crippen LogP contribution is -2.04. The Morgan fingerprint density at radius 2 is 0.696 bits per heavy atom. The van der Waals surface area contributed by atoms with Gasteiger partial charge in [-0.25, -0.2) is 17.6 Å². The molecule has 0 bridgehead atoms. The average molecular weight is 346 g/mol. The number of benzene rings is 2. The molecular weight excluding hydrogens is 344 g/mol. The fourth-order valence-corrected chi connectivity index (χ4v) is 1.49. The predicted molar refractivity (Wildman–Crippen MR) is 56.0 cm³/mol. The van der Waals surface area contributed by atoms with E-state index in [2.05, 4.69) is 4.74 Å².